The minimum Gasteiger partial charge on any atom is -0.741 e. The number of para-hydroxylation sites is 1. The number of hydrogen-bond donors (Lipinski definition) is 0. The highest BCUT2D eigenvalue weighted by atomic mass is 35.6. The summed E-state index contributed by atoms with van der Waals surface area (Å²) >= 11 is 14.4. The lowest BCUT2D eigenvalue weighted by molar-refractivity contribution is -0.643. The van der Waals surface area contributed by atoms with Crippen LogP contribution in [0.4, 0.5) is 13.2 Å². The van der Waals surface area contributed by atoms with Gasteiger partial charge in [0, 0.05) is 27.5 Å². The average Bonchev–Trinajstić information content (AvgIpc) is 3.47. The van der Waals surface area contributed by atoms with Gasteiger partial charge in [0.1, 0.15) is 11.7 Å². The molecule has 0 bridgehead atoms. The van der Waals surface area contributed by atoms with E-state index in [0.29, 0.717) is 0 Å². The lowest BCUT2D eigenvalue weighted by Crippen LogP contribution is -2.26. The minimum absolute atomic E-state index is 0.750. The third-order valence-corrected chi connectivity index (χ3v) is 8.98. The first-order chi connectivity index (χ1) is 24.8. The second kappa shape index (κ2) is 15.1. The summed E-state index contributed by atoms with van der Waals surface area (Å²) in [6.45, 7) is 0. The molecule has 0 amide bonds. The third-order valence-electron chi connectivity index (χ3n) is 8.41. The molecule has 3 aromatic heterocycles. The van der Waals surface area contributed by atoms with Crippen molar-refractivity contribution in [2.45, 2.75) is 9.80 Å². The Labute approximate surface area is 313 Å². The molecule has 0 unspecified atom stereocenters. The van der Waals surface area contributed by atoms with Crippen molar-refractivity contribution in [1.29, 1.82) is 0 Å². The van der Waals surface area contributed by atoms with Crippen LogP contribution in [0, 0.1) is 0 Å². The first kappa shape index (κ1) is 37.1. The van der Waals surface area contributed by atoms with Crippen molar-refractivity contribution < 1.29 is 30.7 Å². The van der Waals surface area contributed by atoms with Gasteiger partial charge in [0.15, 0.2) is 19.9 Å². The number of aromatic nitrogens is 2. The maximum absolute atomic E-state index is 10.7. The molecule has 12 heteroatoms. The summed E-state index contributed by atoms with van der Waals surface area (Å²) in [6.07, 6.45) is 2.32. The molecule has 0 aliphatic heterocycles. The van der Waals surface area contributed by atoms with Crippen LogP contribution >= 0.6 is 34.8 Å². The Morgan fingerprint density at radius 1 is 0.596 bits per heavy atom. The van der Waals surface area contributed by atoms with E-state index in [-0.39, 0.29) is 0 Å². The number of rotatable bonds is 4. The van der Waals surface area contributed by atoms with E-state index in [1.165, 1.54) is 72.0 Å². The van der Waals surface area contributed by atoms with Crippen LogP contribution in [-0.2, 0) is 17.2 Å². The molecule has 0 N–H and O–H groups in total. The zero-order valence-corrected chi connectivity index (χ0v) is 30.3. The van der Waals surface area contributed by atoms with Gasteiger partial charge in [-0.05, 0) is 22.3 Å². The van der Waals surface area contributed by atoms with Gasteiger partial charge in [-0.15, -0.1) is 0 Å². The summed E-state index contributed by atoms with van der Waals surface area (Å²) < 4.78 is 63.0. The first-order valence-electron chi connectivity index (χ1n) is 15.7. The number of hydrogen-bond acceptors (Lipinski definition) is 3. The van der Waals surface area contributed by atoms with Crippen LogP contribution in [0.5, 0.6) is 0 Å². The molecule has 52 heavy (non-hydrogen) atoms. The highest BCUT2D eigenvalue weighted by molar-refractivity contribution is 7.86. The first-order valence-corrected chi connectivity index (χ1v) is 18.4. The molecule has 8 aromatic rings. The van der Waals surface area contributed by atoms with Crippen LogP contribution in [0.15, 0.2) is 146 Å². The molecular formula is C40H28Cl3F3N2O3S. The number of halogens is 6. The zero-order valence-electron chi connectivity index (χ0n) is 27.2. The predicted molar refractivity (Wildman–Crippen MR) is 204 cm³/mol. The van der Waals surface area contributed by atoms with Gasteiger partial charge in [0.25, 0.3) is 5.65 Å². The van der Waals surface area contributed by atoms with Crippen LogP contribution in [0.3, 0.4) is 0 Å². The molecule has 0 radical (unpaired) electrons. The Bertz CT molecular complexity index is 2550. The average molecular weight is 780 g/mol. The normalized spacial score (nSPS) is 11.8. The molecule has 3 heterocycles. The molecular weight excluding hydrogens is 752 g/mol. The Kier molecular flexibility index (Phi) is 10.8. The molecule has 0 fully saturated rings. The zero-order chi connectivity index (χ0) is 37.2. The fourth-order valence-corrected chi connectivity index (χ4v) is 6.55. The Morgan fingerprint density at radius 2 is 0.923 bits per heavy atom. The van der Waals surface area contributed by atoms with Crippen molar-refractivity contribution in [3.05, 3.63) is 146 Å². The lowest BCUT2D eigenvalue weighted by atomic mass is 9.87. The van der Waals surface area contributed by atoms with Crippen molar-refractivity contribution in [1.82, 2.24) is 4.40 Å². The van der Waals surface area contributed by atoms with E-state index >= 15 is 0 Å². The molecule has 0 spiro atoms. The summed E-state index contributed by atoms with van der Waals surface area (Å²) in [4.78, 5) is 0. The van der Waals surface area contributed by atoms with Gasteiger partial charge < -0.3 is 4.55 Å². The van der Waals surface area contributed by atoms with Gasteiger partial charge >= 0.3 is 5.51 Å². The van der Waals surface area contributed by atoms with E-state index in [1.807, 2.05) is 0 Å². The quantitative estimate of drug-likeness (QED) is 0.0773. The van der Waals surface area contributed by atoms with Crippen molar-refractivity contribution in [2.75, 3.05) is 0 Å². The molecule has 8 rings (SSSR count). The van der Waals surface area contributed by atoms with Crippen LogP contribution < -0.4 is 4.57 Å². The third kappa shape index (κ3) is 7.33. The van der Waals surface area contributed by atoms with Crippen molar-refractivity contribution in [3.8, 4) is 44.5 Å². The largest absolute Gasteiger partial charge is 0.741 e. The number of imidazole rings is 1. The summed E-state index contributed by atoms with van der Waals surface area (Å²) in [6, 6.07) is 50.2. The van der Waals surface area contributed by atoms with Crippen LogP contribution in [0.2, 0.25) is 0 Å². The summed E-state index contributed by atoms with van der Waals surface area (Å²) in [5.74, 6) is 0. The van der Waals surface area contributed by atoms with Crippen molar-refractivity contribution >= 4 is 72.4 Å². The number of alkyl halides is 6. The second-order valence-corrected chi connectivity index (χ2v) is 14.9. The SMILES string of the molecule is C[n+]1cc2c(-c3ccccc3)c(-c3ccccc3)c3cccc4c(-c5ccccc5)c(-c5ccccc5)c1n2c34.ClC(Cl)Cl.O=S(=O)([O-])C(F)(F)F. The van der Waals surface area contributed by atoms with Crippen molar-refractivity contribution in [2.24, 2.45) is 7.05 Å². The molecule has 0 aliphatic rings. The number of aryl methyl sites for hydroxylation is 1. The van der Waals surface area contributed by atoms with Gasteiger partial charge in [0.2, 0.25) is 0 Å². The number of pyridine rings is 2. The highest BCUT2D eigenvalue weighted by Gasteiger charge is 2.37. The van der Waals surface area contributed by atoms with Gasteiger partial charge in [-0.25, -0.2) is 13.0 Å². The summed E-state index contributed by atoms with van der Waals surface area (Å²) in [7, 11) is -3.91. The maximum Gasteiger partial charge on any atom is 0.485 e. The highest BCUT2D eigenvalue weighted by Crippen LogP contribution is 2.48. The summed E-state index contributed by atoms with van der Waals surface area (Å²) in [5, 5.41) is 2.51. The van der Waals surface area contributed by atoms with Crippen LogP contribution in [-0.4, -0.2) is 27.2 Å². The Balaban J connectivity index is 0.000000337. The summed E-state index contributed by atoms with van der Waals surface area (Å²) in [5.41, 5.74) is 7.96. The molecule has 0 saturated heterocycles. The van der Waals surface area contributed by atoms with E-state index in [0.717, 1.165) is 0 Å². The standard InChI is InChI=1S/C38H27N2.CHCl3.CHF3O3S/c1-39-25-32-35(28-19-10-4-11-20-28)33(26-15-6-2-7-16-26)30-23-14-24-31-34(27-17-8-3-9-18-27)36(29-21-12-5-13-22-29)38(39)40(32)37(30)31;2-1(3)4;2-1(3,4)8(5,6)7/h2-25H,1H3;1H;(H,5,6,7)/q+1;;/p-1. The van der Waals surface area contributed by atoms with Gasteiger partial charge in [-0.1, -0.05) is 174 Å². The molecule has 5 aromatic carbocycles. The fourth-order valence-electron chi connectivity index (χ4n) is 6.55. The Morgan fingerprint density at radius 3 is 1.29 bits per heavy atom. The van der Waals surface area contributed by atoms with Gasteiger partial charge in [0.05, 0.1) is 12.6 Å². The second-order valence-electron chi connectivity index (χ2n) is 11.6. The lowest BCUT2D eigenvalue weighted by Gasteiger charge is -2.19. The monoisotopic (exact) mass is 778 g/mol. The van der Waals surface area contributed by atoms with E-state index in [4.69, 9.17) is 47.8 Å². The molecule has 0 aliphatic carbocycles. The molecule has 5 nitrogen and oxygen atoms in total. The fraction of sp³-hybridized carbons (Fsp3) is 0.0750. The minimum atomic E-state index is -6.09. The van der Waals surface area contributed by atoms with Crippen molar-refractivity contribution in [3.63, 3.8) is 0 Å². The van der Waals surface area contributed by atoms with Gasteiger partial charge in [-0.2, -0.15) is 17.6 Å². The number of nitrogens with zero attached hydrogens (tertiary/aromatic N) is 2. The van der Waals surface area contributed by atoms with E-state index in [1.54, 1.807) is 0 Å². The van der Waals surface area contributed by atoms with Crippen LogP contribution in [0.1, 0.15) is 0 Å². The maximum atomic E-state index is 10.7. The van der Waals surface area contributed by atoms with Gasteiger partial charge in [-0.3, -0.25) is 0 Å². The predicted octanol–water partition coefficient (Wildman–Crippen LogP) is 11.2. The molecule has 264 valence electrons. The van der Waals surface area contributed by atoms with E-state index in [9.17, 15) is 13.2 Å². The molecule has 0 saturated carbocycles. The topological polar surface area (TPSA) is 65.5 Å². The van der Waals surface area contributed by atoms with E-state index < -0.39 is 19.9 Å². The van der Waals surface area contributed by atoms with Crippen LogP contribution in [0.25, 0.3) is 72.0 Å². The smallest absolute Gasteiger partial charge is 0.485 e. The number of benzene rings is 5. The Hall–Kier alpha value is -4.64. The molecule has 0 atom stereocenters. The van der Waals surface area contributed by atoms with E-state index in [2.05, 4.69) is 162 Å².